The zero-order valence-corrected chi connectivity index (χ0v) is 9.67. The van der Waals surface area contributed by atoms with Crippen LogP contribution < -0.4 is 0 Å². The molecule has 0 saturated heterocycles. The number of aromatic nitrogens is 2. The zero-order chi connectivity index (χ0) is 11.9. The summed E-state index contributed by atoms with van der Waals surface area (Å²) < 4.78 is 0. The first-order valence-corrected chi connectivity index (χ1v) is 5.96. The first-order valence-electron chi connectivity index (χ1n) is 5.96. The van der Waals surface area contributed by atoms with Gasteiger partial charge in [0, 0.05) is 10.8 Å². The number of benzene rings is 3. The number of hydrogen-bond donors (Lipinski definition) is 0. The fourth-order valence-corrected chi connectivity index (χ4v) is 2.63. The van der Waals surface area contributed by atoms with Gasteiger partial charge >= 0.3 is 0 Å². The quantitative estimate of drug-likeness (QED) is 0.428. The second-order valence-corrected chi connectivity index (χ2v) is 4.38. The van der Waals surface area contributed by atoms with E-state index in [1.807, 2.05) is 12.1 Å². The van der Waals surface area contributed by atoms with E-state index in [9.17, 15) is 0 Å². The van der Waals surface area contributed by atoms with Crippen molar-refractivity contribution in [1.29, 1.82) is 0 Å². The maximum atomic E-state index is 4.31. The van der Waals surface area contributed by atoms with Crippen molar-refractivity contribution >= 4 is 32.4 Å². The highest BCUT2D eigenvalue weighted by molar-refractivity contribution is 6.23. The lowest BCUT2D eigenvalue weighted by Gasteiger charge is -2.07. The van der Waals surface area contributed by atoms with Gasteiger partial charge in [-0.1, -0.05) is 48.5 Å². The van der Waals surface area contributed by atoms with Crippen LogP contribution in [-0.4, -0.2) is 10.2 Å². The lowest BCUT2D eigenvalue weighted by molar-refractivity contribution is 1.08. The summed E-state index contributed by atoms with van der Waals surface area (Å²) in [4.78, 5) is 0. The molecule has 1 heterocycles. The number of rotatable bonds is 0. The molecule has 0 amide bonds. The van der Waals surface area contributed by atoms with Gasteiger partial charge in [0.1, 0.15) is 5.52 Å². The summed E-state index contributed by atoms with van der Waals surface area (Å²) in [6.07, 6.45) is 1.75. The molecule has 2 heteroatoms. The first kappa shape index (κ1) is 9.54. The van der Waals surface area contributed by atoms with Crippen LogP contribution in [0.25, 0.3) is 32.4 Å². The summed E-state index contributed by atoms with van der Waals surface area (Å²) in [5.74, 6) is 0. The van der Waals surface area contributed by atoms with Crippen LogP contribution >= 0.6 is 0 Å². The largest absolute Gasteiger partial charge is 0.158 e. The Morgan fingerprint density at radius 3 is 1.72 bits per heavy atom. The highest BCUT2D eigenvalue weighted by atomic mass is 15.1. The Hall–Kier alpha value is -2.48. The van der Waals surface area contributed by atoms with E-state index in [1.54, 1.807) is 6.20 Å². The van der Waals surface area contributed by atoms with E-state index in [0.29, 0.717) is 0 Å². The van der Waals surface area contributed by atoms with Crippen molar-refractivity contribution in [2.45, 2.75) is 0 Å². The molecule has 0 radical (unpaired) electrons. The second kappa shape index (κ2) is 3.50. The summed E-state index contributed by atoms with van der Waals surface area (Å²) in [5, 5.41) is 14.4. The standard InChI is InChI=1S/C16H10N2/c1-2-7-13-11(5-1)12-6-3-4-8-14(12)16-15(13)9-10-17-18-16/h1-10H. The lowest BCUT2D eigenvalue weighted by atomic mass is 9.98. The molecule has 0 unspecified atom stereocenters. The minimum atomic E-state index is 0.979. The van der Waals surface area contributed by atoms with Gasteiger partial charge in [0.05, 0.1) is 6.20 Å². The highest BCUT2D eigenvalue weighted by Crippen LogP contribution is 2.32. The van der Waals surface area contributed by atoms with Crippen molar-refractivity contribution in [2.75, 3.05) is 0 Å². The molecule has 0 atom stereocenters. The van der Waals surface area contributed by atoms with Crippen LogP contribution in [0, 0.1) is 0 Å². The van der Waals surface area contributed by atoms with E-state index in [4.69, 9.17) is 0 Å². The SMILES string of the molecule is c1ccc2c(c1)c1ccccc1c1nnccc21. The molecule has 0 N–H and O–H groups in total. The van der Waals surface area contributed by atoms with Crippen molar-refractivity contribution in [3.05, 3.63) is 60.8 Å². The minimum Gasteiger partial charge on any atom is -0.158 e. The van der Waals surface area contributed by atoms with Crippen molar-refractivity contribution in [2.24, 2.45) is 0 Å². The number of fused-ring (bicyclic) bond motifs is 6. The molecule has 0 aliphatic rings. The Bertz CT molecular complexity index is 661. The van der Waals surface area contributed by atoms with E-state index in [2.05, 4.69) is 52.7 Å². The minimum absolute atomic E-state index is 0.979. The summed E-state index contributed by atoms with van der Waals surface area (Å²) in [7, 11) is 0. The van der Waals surface area contributed by atoms with Gasteiger partial charge in [0.2, 0.25) is 0 Å². The summed E-state index contributed by atoms with van der Waals surface area (Å²) in [5.41, 5.74) is 0.979. The predicted molar refractivity (Wildman–Crippen MR) is 74.6 cm³/mol. The van der Waals surface area contributed by atoms with Crippen LogP contribution in [0.2, 0.25) is 0 Å². The average Bonchev–Trinajstić information content (AvgIpc) is 2.48. The normalized spacial score (nSPS) is 11.3. The average molecular weight is 230 g/mol. The smallest absolute Gasteiger partial charge is 0.101 e. The summed E-state index contributed by atoms with van der Waals surface area (Å²) in [6.45, 7) is 0. The highest BCUT2D eigenvalue weighted by Gasteiger charge is 2.07. The predicted octanol–water partition coefficient (Wildman–Crippen LogP) is 3.94. The summed E-state index contributed by atoms with van der Waals surface area (Å²) in [6, 6.07) is 18.9. The zero-order valence-electron chi connectivity index (χ0n) is 9.67. The van der Waals surface area contributed by atoms with Crippen molar-refractivity contribution in [3.63, 3.8) is 0 Å². The fourth-order valence-electron chi connectivity index (χ4n) is 2.63. The Morgan fingerprint density at radius 2 is 1.06 bits per heavy atom. The molecular formula is C16H10N2. The molecule has 0 aliphatic carbocycles. The molecule has 18 heavy (non-hydrogen) atoms. The molecule has 3 aromatic carbocycles. The van der Waals surface area contributed by atoms with E-state index in [0.717, 1.165) is 5.52 Å². The maximum Gasteiger partial charge on any atom is 0.101 e. The molecular weight excluding hydrogens is 220 g/mol. The van der Waals surface area contributed by atoms with Gasteiger partial charge in [-0.25, -0.2) is 0 Å². The van der Waals surface area contributed by atoms with Crippen molar-refractivity contribution in [1.82, 2.24) is 10.2 Å². The van der Waals surface area contributed by atoms with Crippen molar-refractivity contribution < 1.29 is 0 Å². The van der Waals surface area contributed by atoms with Crippen molar-refractivity contribution in [3.8, 4) is 0 Å². The van der Waals surface area contributed by atoms with E-state index < -0.39 is 0 Å². The van der Waals surface area contributed by atoms with Crippen LogP contribution in [-0.2, 0) is 0 Å². The Kier molecular flexibility index (Phi) is 1.86. The Labute approximate surface area is 104 Å². The van der Waals surface area contributed by atoms with Gasteiger partial charge in [-0.15, -0.1) is 5.10 Å². The van der Waals surface area contributed by atoms with Crippen LogP contribution in [0.5, 0.6) is 0 Å². The third-order valence-electron chi connectivity index (χ3n) is 3.41. The summed E-state index contributed by atoms with van der Waals surface area (Å²) >= 11 is 0. The van der Waals surface area contributed by atoms with Crippen LogP contribution in [0.4, 0.5) is 0 Å². The number of nitrogens with zero attached hydrogens (tertiary/aromatic N) is 2. The fraction of sp³-hybridized carbons (Fsp3) is 0. The third-order valence-corrected chi connectivity index (χ3v) is 3.41. The maximum absolute atomic E-state index is 4.31. The van der Waals surface area contributed by atoms with Gasteiger partial charge in [-0.2, -0.15) is 5.10 Å². The van der Waals surface area contributed by atoms with Gasteiger partial charge < -0.3 is 0 Å². The van der Waals surface area contributed by atoms with E-state index >= 15 is 0 Å². The Morgan fingerprint density at radius 1 is 0.556 bits per heavy atom. The lowest BCUT2D eigenvalue weighted by Crippen LogP contribution is -1.87. The second-order valence-electron chi connectivity index (χ2n) is 4.38. The monoisotopic (exact) mass is 230 g/mol. The molecule has 0 fully saturated rings. The molecule has 0 spiro atoms. The molecule has 2 nitrogen and oxygen atoms in total. The molecule has 4 aromatic rings. The third kappa shape index (κ3) is 1.17. The van der Waals surface area contributed by atoms with Crippen LogP contribution in [0.3, 0.4) is 0 Å². The van der Waals surface area contributed by atoms with Gasteiger partial charge in [-0.05, 0) is 22.2 Å². The van der Waals surface area contributed by atoms with E-state index in [1.165, 1.54) is 26.9 Å². The number of hydrogen-bond acceptors (Lipinski definition) is 2. The van der Waals surface area contributed by atoms with Gasteiger partial charge in [-0.3, -0.25) is 0 Å². The molecule has 0 aliphatic heterocycles. The van der Waals surface area contributed by atoms with Gasteiger partial charge in [0.15, 0.2) is 0 Å². The first-order chi connectivity index (χ1) is 8.95. The molecule has 4 rings (SSSR count). The van der Waals surface area contributed by atoms with Gasteiger partial charge in [0.25, 0.3) is 0 Å². The van der Waals surface area contributed by atoms with Crippen LogP contribution in [0.15, 0.2) is 60.8 Å². The topological polar surface area (TPSA) is 25.8 Å². The molecule has 0 bridgehead atoms. The Balaban J connectivity index is 2.46. The van der Waals surface area contributed by atoms with Crippen LogP contribution in [0.1, 0.15) is 0 Å². The molecule has 1 aromatic heterocycles. The molecule has 84 valence electrons. The van der Waals surface area contributed by atoms with E-state index in [-0.39, 0.29) is 0 Å². The molecule has 0 saturated carbocycles.